The molecule has 86 valence electrons. The molecule has 0 unspecified atom stereocenters. The molecule has 3 heteroatoms. The zero-order chi connectivity index (χ0) is 12.0. The molecule has 3 nitrogen and oxygen atoms in total. The van der Waals surface area contributed by atoms with Gasteiger partial charge in [0, 0.05) is 0 Å². The number of rotatable bonds is 6. The highest BCUT2D eigenvalue weighted by molar-refractivity contribution is 5.81. The quantitative estimate of drug-likeness (QED) is 0.746. The number of carbonyl (C=O) groups excluding carboxylic acids is 1. The predicted molar refractivity (Wildman–Crippen MR) is 63.6 cm³/mol. The van der Waals surface area contributed by atoms with E-state index < -0.39 is 0 Å². The highest BCUT2D eigenvalue weighted by Crippen LogP contribution is 2.03. The first-order valence-corrected chi connectivity index (χ1v) is 5.22. The van der Waals surface area contributed by atoms with E-state index >= 15 is 0 Å². The monoisotopic (exact) mass is 219 g/mol. The molecule has 0 aliphatic carbocycles. The van der Waals surface area contributed by atoms with Crippen LogP contribution in [-0.2, 0) is 16.1 Å². The lowest BCUT2D eigenvalue weighted by Gasteiger charge is -2.15. The number of carbonyl (C=O) groups is 1. The summed E-state index contributed by atoms with van der Waals surface area (Å²) in [5.74, 6) is 0.482. The molecule has 1 aromatic carbocycles. The van der Waals surface area contributed by atoms with Crippen molar-refractivity contribution in [1.82, 2.24) is 5.32 Å². The molecule has 1 atom stereocenters. The Morgan fingerprint density at radius 2 is 2.06 bits per heavy atom. The predicted octanol–water partition coefficient (Wildman–Crippen LogP) is 2.24. The highest BCUT2D eigenvalue weighted by atomic mass is 16.5. The summed E-state index contributed by atoms with van der Waals surface area (Å²) in [7, 11) is 0. The van der Waals surface area contributed by atoms with Crippen molar-refractivity contribution in [2.45, 2.75) is 26.5 Å². The first-order valence-electron chi connectivity index (χ1n) is 5.22. The van der Waals surface area contributed by atoms with E-state index in [-0.39, 0.29) is 11.8 Å². The Kier molecular flexibility index (Phi) is 4.58. The van der Waals surface area contributed by atoms with Crippen LogP contribution in [0, 0.1) is 0 Å². The summed E-state index contributed by atoms with van der Waals surface area (Å²) in [5.41, 5.74) is 1.07. The molecule has 16 heavy (non-hydrogen) atoms. The number of ether oxygens (including phenoxy) is 1. The van der Waals surface area contributed by atoms with Crippen molar-refractivity contribution in [1.29, 1.82) is 0 Å². The van der Waals surface area contributed by atoms with Crippen molar-refractivity contribution in [3.8, 4) is 0 Å². The summed E-state index contributed by atoms with van der Waals surface area (Å²) in [5, 5.41) is 2.88. The van der Waals surface area contributed by atoms with Gasteiger partial charge in [-0.1, -0.05) is 30.3 Å². The third-order valence-electron chi connectivity index (χ3n) is 2.24. The van der Waals surface area contributed by atoms with Crippen LogP contribution in [0.5, 0.6) is 0 Å². The van der Waals surface area contributed by atoms with E-state index in [1.54, 1.807) is 6.92 Å². The lowest BCUT2D eigenvalue weighted by Crippen LogP contribution is -2.32. The molecule has 0 amide bonds. The van der Waals surface area contributed by atoms with Crippen molar-refractivity contribution in [3.63, 3.8) is 0 Å². The van der Waals surface area contributed by atoms with Crippen LogP contribution >= 0.6 is 0 Å². The Morgan fingerprint density at radius 3 is 2.62 bits per heavy atom. The second kappa shape index (κ2) is 5.95. The largest absolute Gasteiger partial charge is 0.475 e. The topological polar surface area (TPSA) is 38.3 Å². The zero-order valence-corrected chi connectivity index (χ0v) is 9.69. The fourth-order valence-electron chi connectivity index (χ4n) is 1.13. The van der Waals surface area contributed by atoms with E-state index in [1.165, 1.54) is 6.92 Å². The summed E-state index contributed by atoms with van der Waals surface area (Å²) in [6.07, 6.45) is 0. The molecule has 1 rings (SSSR count). The van der Waals surface area contributed by atoms with Gasteiger partial charge in [0.05, 0.1) is 6.04 Å². The fourth-order valence-corrected chi connectivity index (χ4v) is 1.13. The molecule has 0 aliphatic rings. The van der Waals surface area contributed by atoms with Crippen LogP contribution < -0.4 is 5.32 Å². The molecule has 0 radical (unpaired) electrons. The van der Waals surface area contributed by atoms with Crippen LogP contribution in [0.3, 0.4) is 0 Å². The summed E-state index contributed by atoms with van der Waals surface area (Å²) in [6.45, 7) is 7.47. The SMILES string of the molecule is C=C(N[C@@H](C)C(C)=O)OCc1ccccc1. The standard InChI is InChI=1S/C13H17NO2/c1-10(11(2)15)14-12(3)16-9-13-7-5-4-6-8-13/h4-8,10,14H,3,9H2,1-2H3/t10-/m0/s1. The molecule has 0 spiro atoms. The van der Waals surface area contributed by atoms with Gasteiger partial charge in [0.2, 0.25) is 0 Å². The lowest BCUT2D eigenvalue weighted by atomic mass is 10.2. The molecular weight excluding hydrogens is 202 g/mol. The summed E-state index contributed by atoms with van der Waals surface area (Å²) in [4.78, 5) is 11.0. The third-order valence-corrected chi connectivity index (χ3v) is 2.24. The van der Waals surface area contributed by atoms with Crippen LogP contribution in [0.25, 0.3) is 0 Å². The molecule has 1 aromatic rings. The van der Waals surface area contributed by atoms with Crippen LogP contribution in [0.1, 0.15) is 19.4 Å². The van der Waals surface area contributed by atoms with E-state index in [1.807, 2.05) is 30.3 Å². The minimum absolute atomic E-state index is 0.0597. The Morgan fingerprint density at radius 1 is 1.44 bits per heavy atom. The fraction of sp³-hybridized carbons (Fsp3) is 0.308. The minimum Gasteiger partial charge on any atom is -0.475 e. The van der Waals surface area contributed by atoms with Crippen LogP contribution in [0.15, 0.2) is 42.8 Å². The lowest BCUT2D eigenvalue weighted by molar-refractivity contribution is -0.118. The molecule has 0 saturated carbocycles. The Labute approximate surface area is 96.1 Å². The number of hydrogen-bond donors (Lipinski definition) is 1. The number of ketones is 1. The molecule has 0 bridgehead atoms. The van der Waals surface area contributed by atoms with Crippen molar-refractivity contribution >= 4 is 5.78 Å². The first-order chi connectivity index (χ1) is 7.59. The minimum atomic E-state index is -0.261. The average Bonchev–Trinajstić information content (AvgIpc) is 2.27. The maximum Gasteiger partial charge on any atom is 0.180 e. The van der Waals surface area contributed by atoms with Gasteiger partial charge in [-0.25, -0.2) is 0 Å². The molecule has 0 aliphatic heterocycles. The van der Waals surface area contributed by atoms with Gasteiger partial charge in [0.15, 0.2) is 11.7 Å². The zero-order valence-electron chi connectivity index (χ0n) is 9.69. The average molecular weight is 219 g/mol. The van der Waals surface area contributed by atoms with Gasteiger partial charge in [0.1, 0.15) is 6.61 Å². The van der Waals surface area contributed by atoms with Gasteiger partial charge in [-0.2, -0.15) is 0 Å². The summed E-state index contributed by atoms with van der Waals surface area (Å²) in [6, 6.07) is 9.54. The second-order valence-electron chi connectivity index (χ2n) is 3.67. The Balaban J connectivity index is 2.33. The maximum absolute atomic E-state index is 11.0. The Hall–Kier alpha value is -1.77. The van der Waals surface area contributed by atoms with Gasteiger partial charge in [-0.3, -0.25) is 4.79 Å². The number of hydrogen-bond acceptors (Lipinski definition) is 3. The van der Waals surface area contributed by atoms with Gasteiger partial charge >= 0.3 is 0 Å². The van der Waals surface area contributed by atoms with Crippen LogP contribution in [0.4, 0.5) is 0 Å². The Bertz CT molecular complexity index is 359. The molecule has 1 N–H and O–H groups in total. The van der Waals surface area contributed by atoms with E-state index in [9.17, 15) is 4.79 Å². The number of Topliss-reactive ketones (excluding diaryl/α,β-unsaturated/α-hetero) is 1. The van der Waals surface area contributed by atoms with Gasteiger partial charge in [-0.05, 0) is 26.0 Å². The maximum atomic E-state index is 11.0. The van der Waals surface area contributed by atoms with E-state index in [2.05, 4.69) is 11.9 Å². The van der Waals surface area contributed by atoms with Crippen LogP contribution in [-0.4, -0.2) is 11.8 Å². The molecular formula is C13H17NO2. The molecule has 0 saturated heterocycles. The van der Waals surface area contributed by atoms with Crippen molar-refractivity contribution in [2.24, 2.45) is 0 Å². The summed E-state index contributed by atoms with van der Waals surface area (Å²) < 4.78 is 5.39. The summed E-state index contributed by atoms with van der Waals surface area (Å²) >= 11 is 0. The second-order valence-corrected chi connectivity index (χ2v) is 3.67. The normalized spacial score (nSPS) is 11.6. The van der Waals surface area contributed by atoms with Crippen molar-refractivity contribution in [2.75, 3.05) is 0 Å². The van der Waals surface area contributed by atoms with Gasteiger partial charge in [0.25, 0.3) is 0 Å². The van der Waals surface area contributed by atoms with Crippen LogP contribution in [0.2, 0.25) is 0 Å². The van der Waals surface area contributed by atoms with Gasteiger partial charge in [-0.15, -0.1) is 0 Å². The molecule has 0 aromatic heterocycles. The number of benzene rings is 1. The van der Waals surface area contributed by atoms with Gasteiger partial charge < -0.3 is 10.1 Å². The highest BCUT2D eigenvalue weighted by Gasteiger charge is 2.07. The number of nitrogens with one attached hydrogen (secondary N) is 1. The van der Waals surface area contributed by atoms with E-state index in [4.69, 9.17) is 4.74 Å². The first kappa shape index (κ1) is 12.3. The molecule has 0 fully saturated rings. The van der Waals surface area contributed by atoms with Crippen molar-refractivity contribution < 1.29 is 9.53 Å². The molecule has 0 heterocycles. The van der Waals surface area contributed by atoms with Crippen molar-refractivity contribution in [3.05, 3.63) is 48.4 Å². The third kappa shape index (κ3) is 4.17. The van der Waals surface area contributed by atoms with E-state index in [0.29, 0.717) is 12.5 Å². The van der Waals surface area contributed by atoms with E-state index in [0.717, 1.165) is 5.56 Å². The smallest absolute Gasteiger partial charge is 0.180 e.